The molecule has 0 aromatic heterocycles. The van der Waals surface area contributed by atoms with E-state index in [0.717, 1.165) is 22.9 Å². The molecular formula is C15H22N2O2. The maximum atomic E-state index is 5.43. The fraction of sp³-hybridized carbons (Fsp3) is 0.200. The van der Waals surface area contributed by atoms with Gasteiger partial charge in [-0.05, 0) is 48.5 Å². The molecule has 0 saturated carbocycles. The molecule has 0 fully saturated rings. The average molecular weight is 262 g/mol. The lowest BCUT2D eigenvalue weighted by Gasteiger charge is -1.97. The fourth-order valence-corrected chi connectivity index (χ4v) is 1.21. The van der Waals surface area contributed by atoms with Gasteiger partial charge in [-0.25, -0.2) is 0 Å². The Kier molecular flexibility index (Phi) is 7.61. The Hall–Kier alpha value is -2.36. The van der Waals surface area contributed by atoms with E-state index in [2.05, 4.69) is 0 Å². The summed E-state index contributed by atoms with van der Waals surface area (Å²) in [4.78, 5) is 0. The van der Waals surface area contributed by atoms with Crippen LogP contribution in [0.4, 0.5) is 11.4 Å². The molecule has 0 unspecified atom stereocenters. The van der Waals surface area contributed by atoms with Crippen LogP contribution in [0.3, 0.4) is 0 Å². The highest BCUT2D eigenvalue weighted by Crippen LogP contribution is 2.12. The first-order valence-corrected chi connectivity index (χ1v) is 5.44. The van der Waals surface area contributed by atoms with Gasteiger partial charge >= 0.3 is 0 Å². The standard InChI is InChI=1S/2C7H9NO.CH4/c2*1-9-7-4-2-6(8)3-5-7;/h2*2-5H,8H2,1H3;1H4. The molecule has 0 aliphatic heterocycles. The van der Waals surface area contributed by atoms with Crippen molar-refractivity contribution >= 4 is 11.4 Å². The van der Waals surface area contributed by atoms with Crippen molar-refractivity contribution in [1.29, 1.82) is 0 Å². The Balaban J connectivity index is 0.000000324. The van der Waals surface area contributed by atoms with Crippen molar-refractivity contribution in [3.63, 3.8) is 0 Å². The molecule has 2 aromatic rings. The van der Waals surface area contributed by atoms with E-state index in [1.165, 1.54) is 0 Å². The Morgan fingerprint density at radius 1 is 0.632 bits per heavy atom. The minimum absolute atomic E-state index is 0. The van der Waals surface area contributed by atoms with Gasteiger partial charge in [-0.3, -0.25) is 0 Å². The lowest BCUT2D eigenvalue weighted by atomic mass is 10.3. The van der Waals surface area contributed by atoms with Crippen molar-refractivity contribution < 1.29 is 9.47 Å². The van der Waals surface area contributed by atoms with Gasteiger partial charge in [-0.15, -0.1) is 0 Å². The first-order chi connectivity index (χ1) is 8.65. The molecule has 0 radical (unpaired) electrons. The smallest absolute Gasteiger partial charge is 0.119 e. The molecular weight excluding hydrogens is 240 g/mol. The van der Waals surface area contributed by atoms with Crippen LogP contribution >= 0.6 is 0 Å². The molecule has 2 rings (SSSR count). The maximum Gasteiger partial charge on any atom is 0.119 e. The van der Waals surface area contributed by atoms with Gasteiger partial charge in [0.1, 0.15) is 11.5 Å². The van der Waals surface area contributed by atoms with E-state index in [4.69, 9.17) is 20.9 Å². The van der Waals surface area contributed by atoms with Crippen LogP contribution in [0.2, 0.25) is 0 Å². The number of hydrogen-bond acceptors (Lipinski definition) is 4. The van der Waals surface area contributed by atoms with E-state index in [-0.39, 0.29) is 7.43 Å². The van der Waals surface area contributed by atoms with Gasteiger partial charge in [0.05, 0.1) is 14.2 Å². The van der Waals surface area contributed by atoms with Crippen LogP contribution < -0.4 is 20.9 Å². The van der Waals surface area contributed by atoms with Crippen LogP contribution in [0.25, 0.3) is 0 Å². The minimum atomic E-state index is 0. The summed E-state index contributed by atoms with van der Waals surface area (Å²) in [5.74, 6) is 1.67. The average Bonchev–Trinajstić information content (AvgIpc) is 2.41. The molecule has 0 bridgehead atoms. The minimum Gasteiger partial charge on any atom is -0.497 e. The zero-order valence-electron chi connectivity index (χ0n) is 10.6. The molecule has 2 aromatic carbocycles. The first-order valence-electron chi connectivity index (χ1n) is 5.44. The largest absolute Gasteiger partial charge is 0.497 e. The van der Waals surface area contributed by atoms with Gasteiger partial charge in [-0.1, -0.05) is 7.43 Å². The molecule has 0 aliphatic rings. The van der Waals surface area contributed by atoms with E-state index >= 15 is 0 Å². The monoisotopic (exact) mass is 262 g/mol. The highest BCUT2D eigenvalue weighted by molar-refractivity contribution is 5.42. The number of hydrogen-bond donors (Lipinski definition) is 2. The highest BCUT2D eigenvalue weighted by atomic mass is 16.5. The zero-order chi connectivity index (χ0) is 13.4. The summed E-state index contributed by atoms with van der Waals surface area (Å²) in [6.07, 6.45) is 0. The van der Waals surface area contributed by atoms with Crippen molar-refractivity contribution in [3.8, 4) is 11.5 Å². The third kappa shape index (κ3) is 6.21. The van der Waals surface area contributed by atoms with E-state index in [0.29, 0.717) is 0 Å². The summed E-state index contributed by atoms with van der Waals surface area (Å²) in [5, 5.41) is 0. The number of anilines is 2. The number of ether oxygens (including phenoxy) is 2. The second kappa shape index (κ2) is 8.69. The Bertz CT molecular complexity index is 407. The number of methoxy groups -OCH3 is 2. The molecule has 19 heavy (non-hydrogen) atoms. The van der Waals surface area contributed by atoms with Crippen molar-refractivity contribution in [2.24, 2.45) is 0 Å². The molecule has 0 saturated heterocycles. The van der Waals surface area contributed by atoms with Crippen LogP contribution in [0, 0.1) is 0 Å². The number of benzene rings is 2. The lowest BCUT2D eigenvalue weighted by Crippen LogP contribution is -1.84. The highest BCUT2D eigenvalue weighted by Gasteiger charge is 1.86. The number of nitrogens with two attached hydrogens (primary N) is 2. The van der Waals surface area contributed by atoms with Gasteiger partial charge in [-0.2, -0.15) is 0 Å². The third-order valence-corrected chi connectivity index (χ3v) is 2.23. The predicted octanol–water partition coefficient (Wildman–Crippen LogP) is 3.19. The quantitative estimate of drug-likeness (QED) is 0.815. The summed E-state index contributed by atoms with van der Waals surface area (Å²) in [5.41, 5.74) is 12.4. The predicted molar refractivity (Wildman–Crippen MR) is 81.5 cm³/mol. The molecule has 0 spiro atoms. The molecule has 4 nitrogen and oxygen atoms in total. The van der Waals surface area contributed by atoms with Gasteiger partial charge in [0.2, 0.25) is 0 Å². The number of rotatable bonds is 2. The van der Waals surface area contributed by atoms with Crippen LogP contribution in [0.5, 0.6) is 11.5 Å². The van der Waals surface area contributed by atoms with E-state index < -0.39 is 0 Å². The zero-order valence-corrected chi connectivity index (χ0v) is 10.6. The maximum absolute atomic E-state index is 5.43. The van der Waals surface area contributed by atoms with Gasteiger partial charge in [0.15, 0.2) is 0 Å². The normalized spacial score (nSPS) is 8.53. The molecule has 104 valence electrons. The Labute approximate surface area is 115 Å². The van der Waals surface area contributed by atoms with Crippen molar-refractivity contribution in [1.82, 2.24) is 0 Å². The van der Waals surface area contributed by atoms with Crippen molar-refractivity contribution in [3.05, 3.63) is 48.5 Å². The van der Waals surface area contributed by atoms with Crippen LogP contribution in [0.1, 0.15) is 7.43 Å². The van der Waals surface area contributed by atoms with Gasteiger partial charge in [0.25, 0.3) is 0 Å². The SMILES string of the molecule is C.COc1ccc(N)cc1.COc1ccc(N)cc1. The summed E-state index contributed by atoms with van der Waals surface area (Å²) in [6, 6.07) is 14.5. The van der Waals surface area contributed by atoms with Crippen molar-refractivity contribution in [2.75, 3.05) is 25.7 Å². The van der Waals surface area contributed by atoms with E-state index in [9.17, 15) is 0 Å². The molecule has 0 aliphatic carbocycles. The number of nitrogen functional groups attached to an aromatic ring is 2. The molecule has 0 heterocycles. The van der Waals surface area contributed by atoms with Crippen molar-refractivity contribution in [2.45, 2.75) is 7.43 Å². The topological polar surface area (TPSA) is 70.5 Å². The van der Waals surface area contributed by atoms with Crippen LogP contribution in [-0.2, 0) is 0 Å². The van der Waals surface area contributed by atoms with E-state index in [1.807, 2.05) is 24.3 Å². The molecule has 4 heteroatoms. The second-order valence-corrected chi connectivity index (χ2v) is 3.55. The fourth-order valence-electron chi connectivity index (χ4n) is 1.21. The van der Waals surface area contributed by atoms with Gasteiger partial charge < -0.3 is 20.9 Å². The summed E-state index contributed by atoms with van der Waals surface area (Å²) < 4.78 is 9.83. The molecule has 0 amide bonds. The molecule has 4 N–H and O–H groups in total. The summed E-state index contributed by atoms with van der Waals surface area (Å²) in [6.45, 7) is 0. The van der Waals surface area contributed by atoms with Crippen LogP contribution in [-0.4, -0.2) is 14.2 Å². The first kappa shape index (κ1) is 16.6. The second-order valence-electron chi connectivity index (χ2n) is 3.55. The Morgan fingerprint density at radius 2 is 0.895 bits per heavy atom. The van der Waals surface area contributed by atoms with Crippen LogP contribution in [0.15, 0.2) is 48.5 Å². The van der Waals surface area contributed by atoms with E-state index in [1.54, 1.807) is 38.5 Å². The Morgan fingerprint density at radius 3 is 1.11 bits per heavy atom. The lowest BCUT2D eigenvalue weighted by molar-refractivity contribution is 0.415. The molecule has 0 atom stereocenters. The van der Waals surface area contributed by atoms with Gasteiger partial charge in [0, 0.05) is 11.4 Å². The summed E-state index contributed by atoms with van der Waals surface area (Å²) >= 11 is 0. The summed E-state index contributed by atoms with van der Waals surface area (Å²) in [7, 11) is 3.26. The third-order valence-electron chi connectivity index (χ3n) is 2.23.